The maximum Gasteiger partial charge on any atom is 0.417 e. The van der Waals surface area contributed by atoms with Gasteiger partial charge in [-0.2, -0.15) is 13.2 Å². The second-order valence-electron chi connectivity index (χ2n) is 4.38. The third-order valence-corrected chi connectivity index (χ3v) is 3.27. The van der Waals surface area contributed by atoms with Gasteiger partial charge in [-0.3, -0.25) is 4.79 Å². The molecule has 0 aliphatic carbocycles. The summed E-state index contributed by atoms with van der Waals surface area (Å²) >= 11 is 7.72. The van der Waals surface area contributed by atoms with Crippen molar-refractivity contribution in [2.45, 2.75) is 19.5 Å². The first-order valence-electron chi connectivity index (χ1n) is 6.11. The summed E-state index contributed by atoms with van der Waals surface area (Å²) in [7, 11) is 0. The molecule has 116 valence electrons. The van der Waals surface area contributed by atoms with E-state index in [1.54, 1.807) is 0 Å². The first-order valence-corrected chi connectivity index (χ1v) is 7.31. The van der Waals surface area contributed by atoms with Crippen LogP contribution in [-0.4, -0.2) is 28.9 Å². The van der Waals surface area contributed by atoms with Crippen molar-refractivity contribution in [3.63, 3.8) is 0 Å². The highest BCUT2D eigenvalue weighted by Crippen LogP contribution is 2.34. The van der Waals surface area contributed by atoms with E-state index in [9.17, 15) is 18.0 Å². The molecule has 0 radical (unpaired) electrons. The molecule has 0 atom stereocenters. The Kier molecular flexibility index (Phi) is 6.15. The Morgan fingerprint density at radius 1 is 1.43 bits per heavy atom. The third kappa shape index (κ3) is 4.96. The van der Waals surface area contributed by atoms with Crippen LogP contribution in [0.1, 0.15) is 29.3 Å². The molecule has 0 fully saturated rings. The van der Waals surface area contributed by atoms with Gasteiger partial charge in [-0.1, -0.05) is 35.1 Å². The fourth-order valence-corrected chi connectivity index (χ4v) is 2.34. The molecular formula is C13H14BrF3N2OS. The highest BCUT2D eigenvalue weighted by molar-refractivity contribution is 9.10. The van der Waals surface area contributed by atoms with Gasteiger partial charge in [0.2, 0.25) is 0 Å². The number of thiocarbonyl (C=S) groups is 1. The van der Waals surface area contributed by atoms with Crippen LogP contribution in [0.3, 0.4) is 0 Å². The zero-order valence-corrected chi connectivity index (χ0v) is 13.6. The minimum Gasteiger partial charge on any atom is -0.392 e. The summed E-state index contributed by atoms with van der Waals surface area (Å²) in [4.78, 5) is 13.6. The number of hydrogen-bond donors (Lipinski definition) is 1. The summed E-state index contributed by atoms with van der Waals surface area (Å²) in [6.07, 6.45) is -4.03. The van der Waals surface area contributed by atoms with Crippen LogP contribution in [0.25, 0.3) is 0 Å². The molecule has 0 saturated heterocycles. The summed E-state index contributed by atoms with van der Waals surface area (Å²) in [5.41, 5.74) is 4.01. The molecule has 0 spiro atoms. The van der Waals surface area contributed by atoms with Crippen molar-refractivity contribution in [2.24, 2.45) is 5.73 Å². The number of amides is 1. The Bertz CT molecular complexity index is 549. The van der Waals surface area contributed by atoms with E-state index in [0.29, 0.717) is 6.42 Å². The van der Waals surface area contributed by atoms with Crippen LogP contribution in [0.4, 0.5) is 13.2 Å². The largest absolute Gasteiger partial charge is 0.417 e. The van der Waals surface area contributed by atoms with Crippen LogP contribution < -0.4 is 5.73 Å². The molecule has 0 aliphatic rings. The van der Waals surface area contributed by atoms with Gasteiger partial charge in [0.25, 0.3) is 5.91 Å². The lowest BCUT2D eigenvalue weighted by molar-refractivity contribution is -0.138. The number of nitrogens with two attached hydrogens (primary N) is 1. The van der Waals surface area contributed by atoms with Crippen molar-refractivity contribution < 1.29 is 18.0 Å². The number of hydrogen-bond acceptors (Lipinski definition) is 2. The lowest BCUT2D eigenvalue weighted by atomic mass is 10.1. The Balaban J connectivity index is 3.24. The highest BCUT2D eigenvalue weighted by Gasteiger charge is 2.36. The van der Waals surface area contributed by atoms with Crippen molar-refractivity contribution in [2.75, 3.05) is 13.1 Å². The van der Waals surface area contributed by atoms with Gasteiger partial charge >= 0.3 is 6.18 Å². The number of carbonyl (C=O) groups is 1. The molecule has 1 aromatic rings. The number of benzene rings is 1. The molecule has 1 rings (SSSR count). The summed E-state index contributed by atoms with van der Waals surface area (Å²) in [5.74, 6) is -0.732. The van der Waals surface area contributed by atoms with Gasteiger partial charge in [0.1, 0.15) is 0 Å². The SMILES string of the molecule is CCCN(CC(N)=S)C(=O)c1ccc(Br)cc1C(F)(F)F. The van der Waals surface area contributed by atoms with E-state index in [-0.39, 0.29) is 22.6 Å². The first kappa shape index (κ1) is 17.9. The van der Waals surface area contributed by atoms with E-state index in [1.165, 1.54) is 11.0 Å². The molecule has 8 heteroatoms. The van der Waals surface area contributed by atoms with Gasteiger partial charge < -0.3 is 10.6 Å². The van der Waals surface area contributed by atoms with Crippen LogP contribution in [0.15, 0.2) is 22.7 Å². The molecule has 1 aromatic carbocycles. The Hall–Kier alpha value is -1.15. The van der Waals surface area contributed by atoms with Crippen LogP contribution in [0.2, 0.25) is 0 Å². The molecule has 1 amide bonds. The van der Waals surface area contributed by atoms with Crippen molar-refractivity contribution in [1.82, 2.24) is 4.90 Å². The summed E-state index contributed by atoms with van der Waals surface area (Å²) in [6, 6.07) is 3.43. The van der Waals surface area contributed by atoms with E-state index in [0.717, 1.165) is 12.1 Å². The Morgan fingerprint density at radius 2 is 2.05 bits per heavy atom. The number of nitrogens with zero attached hydrogens (tertiary/aromatic N) is 1. The van der Waals surface area contributed by atoms with Crippen LogP contribution in [0, 0.1) is 0 Å². The van der Waals surface area contributed by atoms with Crippen LogP contribution in [-0.2, 0) is 6.18 Å². The van der Waals surface area contributed by atoms with Gasteiger partial charge in [-0.15, -0.1) is 0 Å². The van der Waals surface area contributed by atoms with Crippen molar-refractivity contribution in [3.8, 4) is 0 Å². The van der Waals surface area contributed by atoms with E-state index in [2.05, 4.69) is 15.9 Å². The maximum atomic E-state index is 13.1. The number of rotatable bonds is 5. The Labute approximate surface area is 134 Å². The van der Waals surface area contributed by atoms with Crippen molar-refractivity contribution in [1.29, 1.82) is 0 Å². The molecule has 0 heterocycles. The standard InChI is InChI=1S/C13H14BrF3N2OS/c1-2-5-19(7-11(18)21)12(20)9-4-3-8(14)6-10(9)13(15,16)17/h3-4,6H,2,5,7H2,1H3,(H2,18,21). The van der Waals surface area contributed by atoms with E-state index in [4.69, 9.17) is 18.0 Å². The molecule has 0 aliphatic heterocycles. The van der Waals surface area contributed by atoms with Gasteiger partial charge in [0.15, 0.2) is 0 Å². The molecule has 0 unspecified atom stereocenters. The second kappa shape index (κ2) is 7.22. The quantitative estimate of drug-likeness (QED) is 0.791. The minimum absolute atomic E-state index is 0.0463. The molecule has 0 aromatic heterocycles. The lowest BCUT2D eigenvalue weighted by Crippen LogP contribution is -2.39. The van der Waals surface area contributed by atoms with Crippen LogP contribution in [0.5, 0.6) is 0 Å². The van der Waals surface area contributed by atoms with Crippen molar-refractivity contribution in [3.05, 3.63) is 33.8 Å². The average Bonchev–Trinajstić information content (AvgIpc) is 2.36. The predicted octanol–water partition coefficient (Wildman–Crippen LogP) is 3.61. The zero-order chi connectivity index (χ0) is 16.2. The number of carbonyl (C=O) groups excluding carboxylic acids is 1. The topological polar surface area (TPSA) is 46.3 Å². The molecule has 2 N–H and O–H groups in total. The van der Waals surface area contributed by atoms with Gasteiger partial charge in [0, 0.05) is 11.0 Å². The van der Waals surface area contributed by atoms with Gasteiger partial charge in [0.05, 0.1) is 22.7 Å². The second-order valence-corrected chi connectivity index (χ2v) is 5.82. The zero-order valence-electron chi connectivity index (χ0n) is 11.2. The smallest absolute Gasteiger partial charge is 0.392 e. The molecule has 0 saturated carbocycles. The molecule has 21 heavy (non-hydrogen) atoms. The number of alkyl halides is 3. The van der Waals surface area contributed by atoms with Crippen LogP contribution >= 0.6 is 28.1 Å². The normalized spacial score (nSPS) is 11.3. The van der Waals surface area contributed by atoms with Gasteiger partial charge in [-0.25, -0.2) is 0 Å². The first-order chi connectivity index (χ1) is 9.66. The predicted molar refractivity (Wildman–Crippen MR) is 82.1 cm³/mol. The van der Waals surface area contributed by atoms with Gasteiger partial charge in [-0.05, 0) is 24.6 Å². The maximum absolute atomic E-state index is 13.1. The van der Waals surface area contributed by atoms with E-state index >= 15 is 0 Å². The van der Waals surface area contributed by atoms with E-state index in [1.807, 2.05) is 6.92 Å². The average molecular weight is 383 g/mol. The summed E-state index contributed by atoms with van der Waals surface area (Å²) in [6.45, 7) is 2.05. The molecule has 0 bridgehead atoms. The minimum atomic E-state index is -4.62. The summed E-state index contributed by atoms with van der Waals surface area (Å²) < 4.78 is 39.4. The lowest BCUT2D eigenvalue weighted by Gasteiger charge is -2.23. The number of halogens is 4. The Morgan fingerprint density at radius 3 is 2.52 bits per heavy atom. The fraction of sp³-hybridized carbons (Fsp3) is 0.385. The third-order valence-electron chi connectivity index (χ3n) is 2.64. The monoisotopic (exact) mass is 382 g/mol. The molecular weight excluding hydrogens is 369 g/mol. The van der Waals surface area contributed by atoms with Crippen molar-refractivity contribution >= 4 is 39.0 Å². The highest BCUT2D eigenvalue weighted by atomic mass is 79.9. The summed E-state index contributed by atoms with van der Waals surface area (Å²) in [5, 5.41) is 0. The van der Waals surface area contributed by atoms with E-state index < -0.39 is 23.2 Å². The fourth-order valence-electron chi connectivity index (χ4n) is 1.82. The molecule has 3 nitrogen and oxygen atoms in total.